The zero-order valence-corrected chi connectivity index (χ0v) is 67.1. The maximum absolute atomic E-state index is 2.52. The van der Waals surface area contributed by atoms with Crippen LogP contribution >= 0.6 is 11.3 Å². The molecule has 0 unspecified atom stereocenters. The molecule has 19 aromatic carbocycles. The summed E-state index contributed by atoms with van der Waals surface area (Å²) in [7, 11) is 0. The van der Waals surface area contributed by atoms with Crippen LogP contribution in [0.1, 0.15) is 0 Å². The Labute approximate surface area is 706 Å². The Kier molecular flexibility index (Phi) is 13.7. The molecule has 0 amide bonds. The van der Waals surface area contributed by atoms with Crippen LogP contribution in [0.15, 0.2) is 413 Å². The largest absolute Gasteiger partial charge is 0.309 e. The summed E-state index contributed by atoms with van der Waals surface area (Å²) in [6.07, 6.45) is 0. The van der Waals surface area contributed by atoms with Crippen molar-refractivity contribution in [3.63, 3.8) is 0 Å². The van der Waals surface area contributed by atoms with Gasteiger partial charge in [-0.2, -0.15) is 0 Å². The van der Waals surface area contributed by atoms with Gasteiger partial charge in [-0.25, -0.2) is 0 Å². The lowest BCUT2D eigenvalue weighted by Crippen LogP contribution is -2.00. The van der Waals surface area contributed by atoms with E-state index in [0.717, 1.165) is 95.1 Å². The van der Waals surface area contributed by atoms with Crippen molar-refractivity contribution >= 4 is 206 Å². The quantitative estimate of drug-likeness (QED) is 0.138. The number of nitrogens with zero attached hydrogens (tertiary/aromatic N) is 8. The highest BCUT2D eigenvalue weighted by molar-refractivity contribution is 7.25. The van der Waals surface area contributed by atoms with Crippen LogP contribution in [0.5, 0.6) is 0 Å². The third-order valence-corrected chi connectivity index (χ3v) is 28.0. The van der Waals surface area contributed by atoms with Gasteiger partial charge in [0, 0.05) is 146 Å². The van der Waals surface area contributed by atoms with Crippen LogP contribution in [-0.2, 0) is 0 Å². The first-order valence-corrected chi connectivity index (χ1v) is 43.1. The molecule has 9 heterocycles. The Bertz CT molecular complexity index is 9270. The minimum Gasteiger partial charge on any atom is -0.309 e. The normalized spacial score (nSPS) is 12.4. The number of para-hydroxylation sites is 11. The molecule has 0 aliphatic heterocycles. The molecular weight excluding hydrogens is 1510 g/mol. The lowest BCUT2D eigenvalue weighted by Gasteiger charge is -2.15. The van der Waals surface area contributed by atoms with Gasteiger partial charge >= 0.3 is 0 Å². The molecule has 0 aliphatic carbocycles. The second-order valence-corrected chi connectivity index (χ2v) is 34.2. The molecule has 0 fully saturated rings. The van der Waals surface area contributed by atoms with Crippen molar-refractivity contribution in [1.82, 2.24) is 36.5 Å². The van der Waals surface area contributed by atoms with Gasteiger partial charge in [-0.3, -0.25) is 0 Å². The van der Waals surface area contributed by atoms with Gasteiger partial charge < -0.3 is 36.5 Å². The fourth-order valence-corrected chi connectivity index (χ4v) is 22.7. The van der Waals surface area contributed by atoms with Gasteiger partial charge in [0.25, 0.3) is 0 Å². The summed E-state index contributed by atoms with van der Waals surface area (Å²) in [4.78, 5) is 0. The molecule has 0 N–H and O–H groups in total. The van der Waals surface area contributed by atoms with E-state index in [1.807, 2.05) is 11.3 Å². The Balaban J connectivity index is 0.606. The minimum atomic E-state index is 1.08. The van der Waals surface area contributed by atoms with Crippen LogP contribution in [0, 0.1) is 0 Å². The average Bonchev–Trinajstić information content (AvgIpc) is 1.54. The van der Waals surface area contributed by atoms with Crippen LogP contribution in [0.3, 0.4) is 0 Å². The van der Waals surface area contributed by atoms with E-state index in [2.05, 4.69) is 449 Å². The van der Waals surface area contributed by atoms with E-state index in [-0.39, 0.29) is 0 Å². The standard InChI is InChI=1S/C114H68N8S/c1-11-33-96-78(22-1)79-23-2-12-34-97(79)116(96)72-49-56-107-90(63-72)87-31-10-17-39-102(87)119(107)75-53-60-112-94(67-75)95-68-76(54-61-113(95)123-112)120-106-55-46-70(62-89(106)91-64-73(51-58-110(91)120)117-98-35-13-3-24-80(98)81-25-4-14-36-99(81)117)69-44-47-71(48-45-69)115-108-57-50-74(118-100-37-15-5-26-82(100)83-27-6-16-38-101(83)118)65-92(108)93-66-77(52-59-109(93)115)121-103-40-18-9-30-86(103)88-32-21-43-111(114(88)121)122-104-41-19-7-28-84(104)85-29-8-20-42-105(85)122/h1-68H. The number of rotatable bonds is 9. The van der Waals surface area contributed by atoms with E-state index in [1.54, 1.807) is 0 Å². The van der Waals surface area contributed by atoms with E-state index in [0.29, 0.717) is 0 Å². The van der Waals surface area contributed by atoms with Gasteiger partial charge in [0.15, 0.2) is 0 Å². The molecule has 9 aromatic heterocycles. The zero-order chi connectivity index (χ0) is 80.0. The first-order valence-electron chi connectivity index (χ1n) is 42.3. The highest BCUT2D eigenvalue weighted by Crippen LogP contribution is 2.48. The summed E-state index contributed by atoms with van der Waals surface area (Å²) in [5.74, 6) is 0. The summed E-state index contributed by atoms with van der Waals surface area (Å²) in [5, 5.41) is 22.0. The third kappa shape index (κ3) is 9.37. The number of benzene rings is 19. The van der Waals surface area contributed by atoms with Crippen molar-refractivity contribution < 1.29 is 0 Å². The summed E-state index contributed by atoms with van der Waals surface area (Å²) in [6.45, 7) is 0. The number of hydrogen-bond acceptors (Lipinski definition) is 1. The van der Waals surface area contributed by atoms with Crippen molar-refractivity contribution in [2.75, 3.05) is 0 Å². The smallest absolute Gasteiger partial charge is 0.0782 e. The van der Waals surface area contributed by atoms with Crippen LogP contribution in [0.25, 0.3) is 251 Å². The Morgan fingerprint density at radius 3 is 0.699 bits per heavy atom. The van der Waals surface area contributed by atoms with E-state index in [1.165, 1.54) is 156 Å². The first kappa shape index (κ1) is 66.8. The average molecular weight is 1580 g/mol. The maximum Gasteiger partial charge on any atom is 0.0782 e. The SMILES string of the molecule is c1ccc2c(c1)c1ccccc1n2-c1ccc2c(c1)c1ccccc1n2-c1ccc2sc3ccc(-n4c5ccc(-c6ccc(-n7c8ccc(-n9c%10ccccc%10c%10ccccc%109)cc8c8cc(-n9c%10ccccc%10c%10cccc(-n%11c%12ccccc%12c%12ccccc%12%11)c%109)ccc87)cc6)cc5c5cc(-n6c7ccccc7c7ccccc76)ccc54)cc3c2c1. The minimum absolute atomic E-state index is 1.08. The lowest BCUT2D eigenvalue weighted by atomic mass is 10.0. The number of hydrogen-bond donors (Lipinski definition) is 0. The number of fused-ring (bicyclic) bond motifs is 27. The van der Waals surface area contributed by atoms with E-state index in [4.69, 9.17) is 0 Å². The predicted molar refractivity (Wildman–Crippen MR) is 519 cm³/mol. The van der Waals surface area contributed by atoms with Crippen molar-refractivity contribution in [2.45, 2.75) is 0 Å². The van der Waals surface area contributed by atoms with Crippen molar-refractivity contribution in [1.29, 1.82) is 0 Å². The van der Waals surface area contributed by atoms with Crippen molar-refractivity contribution in [2.24, 2.45) is 0 Å². The first-order chi connectivity index (χ1) is 61.0. The summed E-state index contributed by atoms with van der Waals surface area (Å²) in [6, 6.07) is 154. The topological polar surface area (TPSA) is 39.4 Å². The van der Waals surface area contributed by atoms with Crippen LogP contribution < -0.4 is 0 Å². The molecule has 0 aliphatic rings. The van der Waals surface area contributed by atoms with Crippen LogP contribution in [0.2, 0.25) is 0 Å². The molecule has 0 saturated carbocycles. The van der Waals surface area contributed by atoms with E-state index in [9.17, 15) is 0 Å². The Morgan fingerprint density at radius 1 is 0.130 bits per heavy atom. The fourth-order valence-electron chi connectivity index (χ4n) is 21.6. The van der Waals surface area contributed by atoms with Gasteiger partial charge in [0.1, 0.15) is 0 Å². The lowest BCUT2D eigenvalue weighted by molar-refractivity contribution is 1.13. The summed E-state index contributed by atoms with van der Waals surface area (Å²) >= 11 is 1.87. The maximum atomic E-state index is 2.52. The molecule has 8 nitrogen and oxygen atoms in total. The van der Waals surface area contributed by atoms with Gasteiger partial charge in [-0.1, -0.05) is 212 Å². The van der Waals surface area contributed by atoms with Gasteiger partial charge in [0.2, 0.25) is 0 Å². The van der Waals surface area contributed by atoms with Gasteiger partial charge in [-0.05, 0) is 211 Å². The highest BCUT2D eigenvalue weighted by Gasteiger charge is 2.26. The molecule has 9 heteroatoms. The number of thiophene rings is 1. The van der Waals surface area contributed by atoms with E-state index >= 15 is 0 Å². The predicted octanol–water partition coefficient (Wildman–Crippen LogP) is 30.5. The van der Waals surface area contributed by atoms with Crippen LogP contribution in [0.4, 0.5) is 0 Å². The molecular formula is C114H68N8S. The summed E-state index contributed by atoms with van der Waals surface area (Å²) < 4.78 is 22.3. The molecule has 123 heavy (non-hydrogen) atoms. The van der Waals surface area contributed by atoms with Gasteiger partial charge in [0.05, 0.1) is 94.0 Å². The van der Waals surface area contributed by atoms with Crippen molar-refractivity contribution in [3.8, 4) is 56.6 Å². The molecule has 0 bridgehead atoms. The molecule has 0 radical (unpaired) electrons. The third-order valence-electron chi connectivity index (χ3n) is 26.8. The highest BCUT2D eigenvalue weighted by atomic mass is 32.1. The second kappa shape index (κ2) is 25.2. The fraction of sp³-hybridized carbons (Fsp3) is 0. The molecule has 0 spiro atoms. The zero-order valence-electron chi connectivity index (χ0n) is 66.2. The Hall–Kier alpha value is -16.2. The van der Waals surface area contributed by atoms with Gasteiger partial charge in [-0.15, -0.1) is 11.3 Å². The van der Waals surface area contributed by atoms with Crippen molar-refractivity contribution in [3.05, 3.63) is 413 Å². The Morgan fingerprint density at radius 2 is 0.350 bits per heavy atom. The monoisotopic (exact) mass is 1580 g/mol. The van der Waals surface area contributed by atoms with E-state index < -0.39 is 0 Å². The molecule has 0 atom stereocenters. The molecule has 0 saturated heterocycles. The molecule has 28 rings (SSSR count). The number of aromatic nitrogens is 8. The second-order valence-electron chi connectivity index (χ2n) is 33.1. The summed E-state index contributed by atoms with van der Waals surface area (Å²) in [5.41, 5.74) is 29.9. The molecule has 28 aromatic rings. The molecule has 570 valence electrons. The van der Waals surface area contributed by atoms with Crippen LogP contribution in [-0.4, -0.2) is 36.5 Å².